The Bertz CT molecular complexity index is 547. The van der Waals surface area contributed by atoms with Crippen molar-refractivity contribution in [3.8, 4) is 0 Å². The number of ether oxygens (including phenoxy) is 2. The number of unbranched alkanes of at least 4 members (excludes halogenated alkanes) is 1. The molecule has 0 aliphatic carbocycles. The quantitative estimate of drug-likeness (QED) is 0.300. The zero-order valence-electron chi connectivity index (χ0n) is 18.4. The van der Waals surface area contributed by atoms with Gasteiger partial charge in [0.05, 0.1) is 0 Å². The molecule has 1 aromatic carbocycles. The van der Waals surface area contributed by atoms with Gasteiger partial charge in [0.1, 0.15) is 0 Å². The molecule has 6 heteroatoms. The molecular formula is C23H40N4O2. The SMILES string of the molecule is CCNC(=NCCCOCC1CCOCC1)NCCCCN(C)c1ccccc1. The summed E-state index contributed by atoms with van der Waals surface area (Å²) in [5, 5.41) is 6.77. The lowest BCUT2D eigenvalue weighted by Crippen LogP contribution is -2.38. The molecule has 164 valence electrons. The highest BCUT2D eigenvalue weighted by Crippen LogP contribution is 2.14. The predicted molar refractivity (Wildman–Crippen MR) is 122 cm³/mol. The van der Waals surface area contributed by atoms with E-state index >= 15 is 0 Å². The second-order valence-electron chi connectivity index (χ2n) is 7.64. The first-order chi connectivity index (χ1) is 14.3. The van der Waals surface area contributed by atoms with Crippen molar-refractivity contribution in [2.24, 2.45) is 10.9 Å². The Labute approximate surface area is 177 Å². The Morgan fingerprint density at radius 2 is 1.93 bits per heavy atom. The second kappa shape index (κ2) is 15.1. The monoisotopic (exact) mass is 404 g/mol. The van der Waals surface area contributed by atoms with Crippen LogP contribution in [0.2, 0.25) is 0 Å². The number of nitrogens with zero attached hydrogens (tertiary/aromatic N) is 2. The minimum absolute atomic E-state index is 0.673. The summed E-state index contributed by atoms with van der Waals surface area (Å²) in [4.78, 5) is 6.97. The smallest absolute Gasteiger partial charge is 0.191 e. The van der Waals surface area contributed by atoms with Crippen molar-refractivity contribution < 1.29 is 9.47 Å². The van der Waals surface area contributed by atoms with Crippen LogP contribution in [0.4, 0.5) is 5.69 Å². The summed E-state index contributed by atoms with van der Waals surface area (Å²) in [5.74, 6) is 1.58. The van der Waals surface area contributed by atoms with Crippen molar-refractivity contribution >= 4 is 11.6 Å². The highest BCUT2D eigenvalue weighted by Gasteiger charge is 2.13. The highest BCUT2D eigenvalue weighted by atomic mass is 16.5. The molecule has 1 saturated heterocycles. The number of hydrogen-bond donors (Lipinski definition) is 2. The van der Waals surface area contributed by atoms with Crippen molar-refractivity contribution in [3.63, 3.8) is 0 Å². The number of hydrogen-bond acceptors (Lipinski definition) is 4. The number of aliphatic imine (C=N–C) groups is 1. The Hall–Kier alpha value is -1.79. The molecule has 0 amide bonds. The van der Waals surface area contributed by atoms with Gasteiger partial charge in [0.2, 0.25) is 0 Å². The zero-order chi connectivity index (χ0) is 20.6. The van der Waals surface area contributed by atoms with Crippen molar-refractivity contribution in [2.75, 3.05) is 64.6 Å². The van der Waals surface area contributed by atoms with Gasteiger partial charge in [0, 0.05) is 65.3 Å². The Morgan fingerprint density at radius 3 is 2.69 bits per heavy atom. The van der Waals surface area contributed by atoms with Gasteiger partial charge in [0.25, 0.3) is 0 Å². The number of guanidine groups is 1. The van der Waals surface area contributed by atoms with Crippen LogP contribution in [-0.2, 0) is 9.47 Å². The van der Waals surface area contributed by atoms with E-state index in [1.54, 1.807) is 0 Å². The van der Waals surface area contributed by atoms with Crippen LogP contribution < -0.4 is 15.5 Å². The van der Waals surface area contributed by atoms with E-state index in [4.69, 9.17) is 9.47 Å². The fourth-order valence-electron chi connectivity index (χ4n) is 3.35. The number of rotatable bonds is 13. The summed E-state index contributed by atoms with van der Waals surface area (Å²) < 4.78 is 11.2. The first-order valence-electron chi connectivity index (χ1n) is 11.2. The van der Waals surface area contributed by atoms with E-state index < -0.39 is 0 Å². The van der Waals surface area contributed by atoms with Gasteiger partial charge in [-0.3, -0.25) is 4.99 Å². The molecule has 29 heavy (non-hydrogen) atoms. The summed E-state index contributed by atoms with van der Waals surface area (Å²) in [6.45, 7) is 9.19. The molecule has 0 radical (unpaired) electrons. The van der Waals surface area contributed by atoms with Gasteiger partial charge in [-0.1, -0.05) is 18.2 Å². The van der Waals surface area contributed by atoms with E-state index in [0.717, 1.165) is 90.7 Å². The van der Waals surface area contributed by atoms with E-state index in [-0.39, 0.29) is 0 Å². The Morgan fingerprint density at radius 1 is 1.14 bits per heavy atom. The average molecular weight is 405 g/mol. The molecular weight excluding hydrogens is 364 g/mol. The van der Waals surface area contributed by atoms with Gasteiger partial charge < -0.3 is 25.0 Å². The molecule has 0 spiro atoms. The van der Waals surface area contributed by atoms with Crippen molar-refractivity contribution in [2.45, 2.75) is 39.0 Å². The first kappa shape index (κ1) is 23.5. The average Bonchev–Trinajstić information content (AvgIpc) is 2.77. The normalized spacial score (nSPS) is 15.3. The molecule has 0 bridgehead atoms. The lowest BCUT2D eigenvalue weighted by Gasteiger charge is -2.21. The minimum Gasteiger partial charge on any atom is -0.381 e. The fraction of sp³-hybridized carbons (Fsp3) is 0.696. The van der Waals surface area contributed by atoms with Crippen LogP contribution >= 0.6 is 0 Å². The molecule has 1 aromatic rings. The number of benzene rings is 1. The standard InChI is InChI=1S/C23H40N4O2/c1-3-24-23(26-15-9-17-29-20-21-12-18-28-19-13-21)25-14-7-8-16-27(2)22-10-5-4-6-11-22/h4-6,10-11,21H,3,7-9,12-20H2,1-2H3,(H2,24,25,26). The summed E-state index contributed by atoms with van der Waals surface area (Å²) in [6.07, 6.45) is 5.50. The van der Waals surface area contributed by atoms with Gasteiger partial charge >= 0.3 is 0 Å². The van der Waals surface area contributed by atoms with Gasteiger partial charge in [-0.15, -0.1) is 0 Å². The maximum atomic E-state index is 5.82. The fourth-order valence-corrected chi connectivity index (χ4v) is 3.35. The molecule has 2 N–H and O–H groups in total. The molecule has 1 aliphatic rings. The lowest BCUT2D eigenvalue weighted by atomic mass is 10.0. The first-order valence-corrected chi connectivity index (χ1v) is 11.2. The van der Waals surface area contributed by atoms with Crippen molar-refractivity contribution in [1.29, 1.82) is 0 Å². The molecule has 1 fully saturated rings. The van der Waals surface area contributed by atoms with Crippen molar-refractivity contribution in [1.82, 2.24) is 10.6 Å². The van der Waals surface area contributed by atoms with Crippen LogP contribution in [0.15, 0.2) is 35.3 Å². The summed E-state index contributed by atoms with van der Waals surface area (Å²) in [6, 6.07) is 10.5. The minimum atomic E-state index is 0.673. The van der Waals surface area contributed by atoms with E-state index in [1.807, 2.05) is 0 Å². The number of anilines is 1. The second-order valence-corrected chi connectivity index (χ2v) is 7.64. The van der Waals surface area contributed by atoms with E-state index in [9.17, 15) is 0 Å². The molecule has 0 unspecified atom stereocenters. The largest absolute Gasteiger partial charge is 0.381 e. The van der Waals surface area contributed by atoms with Crippen LogP contribution in [0.1, 0.15) is 39.0 Å². The predicted octanol–water partition coefficient (Wildman–Crippen LogP) is 3.29. The van der Waals surface area contributed by atoms with Gasteiger partial charge in [-0.05, 0) is 57.1 Å². The van der Waals surface area contributed by atoms with Crippen LogP contribution in [0.25, 0.3) is 0 Å². The van der Waals surface area contributed by atoms with E-state index in [0.29, 0.717) is 5.92 Å². The molecule has 1 aliphatic heterocycles. The van der Waals surface area contributed by atoms with Crippen LogP contribution in [0, 0.1) is 5.92 Å². The summed E-state index contributed by atoms with van der Waals surface area (Å²) in [5.41, 5.74) is 1.27. The topological polar surface area (TPSA) is 58.1 Å². The molecule has 0 aromatic heterocycles. The van der Waals surface area contributed by atoms with Gasteiger partial charge in [-0.25, -0.2) is 0 Å². The summed E-state index contributed by atoms with van der Waals surface area (Å²) >= 11 is 0. The molecule has 0 atom stereocenters. The third-order valence-corrected chi connectivity index (χ3v) is 5.17. The molecule has 0 saturated carbocycles. The Balaban J connectivity index is 1.52. The maximum absolute atomic E-state index is 5.82. The third kappa shape index (κ3) is 10.5. The lowest BCUT2D eigenvalue weighted by molar-refractivity contribution is 0.0205. The van der Waals surface area contributed by atoms with Crippen LogP contribution in [-0.4, -0.2) is 65.6 Å². The Kier molecular flexibility index (Phi) is 12.2. The van der Waals surface area contributed by atoms with Crippen LogP contribution in [0.5, 0.6) is 0 Å². The van der Waals surface area contributed by atoms with Crippen molar-refractivity contribution in [3.05, 3.63) is 30.3 Å². The number of nitrogens with one attached hydrogen (secondary N) is 2. The summed E-state index contributed by atoms with van der Waals surface area (Å²) in [7, 11) is 2.15. The van der Waals surface area contributed by atoms with Gasteiger partial charge in [0.15, 0.2) is 5.96 Å². The number of para-hydroxylation sites is 1. The molecule has 1 heterocycles. The highest BCUT2D eigenvalue weighted by molar-refractivity contribution is 5.79. The van der Waals surface area contributed by atoms with E-state index in [2.05, 4.69) is 64.8 Å². The van der Waals surface area contributed by atoms with E-state index in [1.165, 1.54) is 5.69 Å². The third-order valence-electron chi connectivity index (χ3n) is 5.17. The zero-order valence-corrected chi connectivity index (χ0v) is 18.4. The molecule has 6 nitrogen and oxygen atoms in total. The molecule has 2 rings (SSSR count). The van der Waals surface area contributed by atoms with Crippen LogP contribution in [0.3, 0.4) is 0 Å². The van der Waals surface area contributed by atoms with Gasteiger partial charge in [-0.2, -0.15) is 0 Å². The maximum Gasteiger partial charge on any atom is 0.191 e.